The number of hydrogen-bond acceptors (Lipinski definition) is 4. The molecule has 0 aliphatic rings. The average Bonchev–Trinajstić information content (AvgIpc) is 2.62. The number of pyridine rings is 2. The van der Waals surface area contributed by atoms with Gasteiger partial charge in [0.05, 0.1) is 13.3 Å². The molecule has 0 amide bonds. The highest BCUT2D eigenvalue weighted by molar-refractivity contribution is 5.74. The molecule has 25 heavy (non-hydrogen) atoms. The van der Waals surface area contributed by atoms with Gasteiger partial charge in [-0.05, 0) is 42.5 Å². The zero-order valence-electron chi connectivity index (χ0n) is 13.1. The summed E-state index contributed by atoms with van der Waals surface area (Å²) in [6.45, 7) is 0. The molecule has 0 atom stereocenters. The van der Waals surface area contributed by atoms with E-state index in [4.69, 9.17) is 9.47 Å². The van der Waals surface area contributed by atoms with Gasteiger partial charge < -0.3 is 9.47 Å². The van der Waals surface area contributed by atoms with Gasteiger partial charge >= 0.3 is 0 Å². The Balaban J connectivity index is 1.98. The van der Waals surface area contributed by atoms with E-state index in [-0.39, 0.29) is 17.3 Å². The topological polar surface area (TPSA) is 44.2 Å². The maximum absolute atomic E-state index is 13.7. The summed E-state index contributed by atoms with van der Waals surface area (Å²) in [6.07, 6.45) is 0.0323. The first kappa shape index (κ1) is 16.8. The lowest BCUT2D eigenvalue weighted by atomic mass is 10.1. The molecule has 0 spiro atoms. The lowest BCUT2D eigenvalue weighted by Crippen LogP contribution is -1.96. The maximum atomic E-state index is 13.7. The molecule has 0 aliphatic heterocycles. The molecule has 2 aromatic heterocycles. The fourth-order valence-electron chi connectivity index (χ4n) is 2.26. The van der Waals surface area contributed by atoms with Crippen LogP contribution in [0.25, 0.3) is 11.1 Å². The normalized spacial score (nSPS) is 10.8. The lowest BCUT2D eigenvalue weighted by Gasteiger charge is -2.13. The van der Waals surface area contributed by atoms with Crippen molar-refractivity contribution in [1.82, 2.24) is 9.97 Å². The second-order valence-electron chi connectivity index (χ2n) is 5.02. The molecule has 4 nitrogen and oxygen atoms in total. The number of hydrogen-bond donors (Lipinski definition) is 0. The Bertz CT molecular complexity index is 870. The molecule has 0 bridgehead atoms. The van der Waals surface area contributed by atoms with E-state index >= 15 is 0 Å². The smallest absolute Gasteiger partial charge is 0.280 e. The highest BCUT2D eigenvalue weighted by Gasteiger charge is 2.15. The molecule has 0 N–H and O–H groups in total. The van der Waals surface area contributed by atoms with Gasteiger partial charge in [0.25, 0.3) is 6.43 Å². The van der Waals surface area contributed by atoms with Crippen LogP contribution in [0.2, 0.25) is 0 Å². The van der Waals surface area contributed by atoms with Crippen LogP contribution in [0.5, 0.6) is 17.4 Å². The second-order valence-corrected chi connectivity index (χ2v) is 5.02. The third kappa shape index (κ3) is 3.71. The van der Waals surface area contributed by atoms with Crippen LogP contribution in [0, 0.1) is 5.82 Å². The third-order valence-corrected chi connectivity index (χ3v) is 3.42. The zero-order valence-corrected chi connectivity index (χ0v) is 13.1. The summed E-state index contributed by atoms with van der Waals surface area (Å²) in [4.78, 5) is 7.77. The van der Waals surface area contributed by atoms with Gasteiger partial charge in [0.15, 0.2) is 0 Å². The molecule has 1 aromatic carbocycles. The molecule has 2 heterocycles. The first-order valence-electron chi connectivity index (χ1n) is 7.29. The first-order valence-corrected chi connectivity index (χ1v) is 7.29. The Morgan fingerprint density at radius 3 is 2.52 bits per heavy atom. The van der Waals surface area contributed by atoms with Crippen molar-refractivity contribution in [3.63, 3.8) is 0 Å². The second kappa shape index (κ2) is 7.21. The predicted molar refractivity (Wildman–Crippen MR) is 85.5 cm³/mol. The minimum absolute atomic E-state index is 0.179. The quantitative estimate of drug-likeness (QED) is 0.651. The van der Waals surface area contributed by atoms with E-state index in [1.807, 2.05) is 0 Å². The predicted octanol–water partition coefficient (Wildman–Crippen LogP) is 5.02. The molecule has 3 rings (SSSR count). The molecule has 0 unspecified atom stereocenters. The summed E-state index contributed by atoms with van der Waals surface area (Å²) in [5.41, 5.74) is 0.611. The standard InChI is InChI=1S/C18H13F3N2O2/c1-24-16-7-4-11(19)9-14(16)13-3-2-8-22-18(13)25-12-5-6-15(17(20)21)23-10-12/h2-10,17H,1H3. The summed E-state index contributed by atoms with van der Waals surface area (Å²) in [5.74, 6) is 0.427. The van der Waals surface area contributed by atoms with Crippen LogP contribution >= 0.6 is 0 Å². The molecule has 0 saturated heterocycles. The number of benzene rings is 1. The van der Waals surface area contributed by atoms with Crippen LogP contribution in [0.4, 0.5) is 13.2 Å². The van der Waals surface area contributed by atoms with Crippen molar-refractivity contribution in [2.45, 2.75) is 6.43 Å². The molecule has 128 valence electrons. The molecule has 7 heteroatoms. The largest absolute Gasteiger partial charge is 0.496 e. The maximum Gasteiger partial charge on any atom is 0.280 e. The number of alkyl halides is 2. The third-order valence-electron chi connectivity index (χ3n) is 3.42. The number of ether oxygens (including phenoxy) is 2. The van der Waals surface area contributed by atoms with E-state index < -0.39 is 12.2 Å². The van der Waals surface area contributed by atoms with E-state index in [2.05, 4.69) is 9.97 Å². The number of rotatable bonds is 5. The Labute approximate surface area is 141 Å². The van der Waals surface area contributed by atoms with Gasteiger partial charge in [-0.15, -0.1) is 0 Å². The highest BCUT2D eigenvalue weighted by atomic mass is 19.3. The van der Waals surface area contributed by atoms with E-state index in [0.717, 1.165) is 0 Å². The van der Waals surface area contributed by atoms with Crippen LogP contribution in [-0.2, 0) is 0 Å². The Hall–Kier alpha value is -3.09. The fourth-order valence-corrected chi connectivity index (χ4v) is 2.26. The lowest BCUT2D eigenvalue weighted by molar-refractivity contribution is 0.146. The average molecular weight is 346 g/mol. The minimum atomic E-state index is -2.66. The fraction of sp³-hybridized carbons (Fsp3) is 0.111. The van der Waals surface area contributed by atoms with E-state index in [1.54, 1.807) is 12.1 Å². The molecule has 0 aliphatic carbocycles. The molecule has 0 saturated carbocycles. The highest BCUT2D eigenvalue weighted by Crippen LogP contribution is 2.37. The van der Waals surface area contributed by atoms with Crippen molar-refractivity contribution < 1.29 is 22.6 Å². The molecular weight excluding hydrogens is 333 g/mol. The summed E-state index contributed by atoms with van der Waals surface area (Å²) in [5, 5.41) is 0. The van der Waals surface area contributed by atoms with Gasteiger partial charge in [-0.1, -0.05) is 0 Å². The van der Waals surface area contributed by atoms with E-state index in [1.165, 1.54) is 49.8 Å². The van der Waals surface area contributed by atoms with Gasteiger partial charge in [0.2, 0.25) is 5.88 Å². The number of methoxy groups -OCH3 is 1. The monoisotopic (exact) mass is 346 g/mol. The van der Waals surface area contributed by atoms with Gasteiger partial charge in [-0.25, -0.2) is 18.2 Å². The molecular formula is C18H13F3N2O2. The number of aromatic nitrogens is 2. The minimum Gasteiger partial charge on any atom is -0.496 e. The van der Waals surface area contributed by atoms with Crippen molar-refractivity contribution in [2.75, 3.05) is 7.11 Å². The van der Waals surface area contributed by atoms with E-state index in [0.29, 0.717) is 16.9 Å². The first-order chi connectivity index (χ1) is 12.1. The van der Waals surface area contributed by atoms with Gasteiger partial charge in [0.1, 0.15) is 23.0 Å². The summed E-state index contributed by atoms with van der Waals surface area (Å²) < 4.78 is 49.7. The van der Waals surface area contributed by atoms with Crippen molar-refractivity contribution >= 4 is 0 Å². The van der Waals surface area contributed by atoms with Crippen LogP contribution in [0.1, 0.15) is 12.1 Å². The zero-order chi connectivity index (χ0) is 17.8. The number of halogens is 3. The Morgan fingerprint density at radius 2 is 1.84 bits per heavy atom. The van der Waals surface area contributed by atoms with Gasteiger partial charge in [0, 0.05) is 17.3 Å². The van der Waals surface area contributed by atoms with Gasteiger partial charge in [-0.2, -0.15) is 0 Å². The Kier molecular flexibility index (Phi) is 4.83. The SMILES string of the molecule is COc1ccc(F)cc1-c1cccnc1Oc1ccc(C(F)F)nc1. The van der Waals surface area contributed by atoms with E-state index in [9.17, 15) is 13.2 Å². The van der Waals surface area contributed by atoms with Crippen LogP contribution in [-0.4, -0.2) is 17.1 Å². The summed E-state index contributed by atoms with van der Waals surface area (Å²) in [6, 6.07) is 10.00. The number of nitrogens with zero attached hydrogens (tertiary/aromatic N) is 2. The van der Waals surface area contributed by atoms with Crippen molar-refractivity contribution in [3.8, 4) is 28.5 Å². The molecule has 0 fully saturated rings. The van der Waals surface area contributed by atoms with Crippen LogP contribution in [0.15, 0.2) is 54.9 Å². The molecule has 0 radical (unpaired) electrons. The van der Waals surface area contributed by atoms with Crippen LogP contribution < -0.4 is 9.47 Å². The van der Waals surface area contributed by atoms with Gasteiger partial charge in [-0.3, -0.25) is 4.98 Å². The molecule has 3 aromatic rings. The van der Waals surface area contributed by atoms with Crippen molar-refractivity contribution in [3.05, 3.63) is 66.4 Å². The van der Waals surface area contributed by atoms with Crippen molar-refractivity contribution in [1.29, 1.82) is 0 Å². The Morgan fingerprint density at radius 1 is 1.00 bits per heavy atom. The van der Waals surface area contributed by atoms with Crippen molar-refractivity contribution in [2.24, 2.45) is 0 Å². The summed E-state index contributed by atoms with van der Waals surface area (Å²) in [7, 11) is 1.47. The summed E-state index contributed by atoms with van der Waals surface area (Å²) >= 11 is 0. The van der Waals surface area contributed by atoms with Crippen LogP contribution in [0.3, 0.4) is 0 Å².